The predicted molar refractivity (Wildman–Crippen MR) is 49.0 cm³/mol. The van der Waals surface area contributed by atoms with Crippen LogP contribution in [0.3, 0.4) is 0 Å². The van der Waals surface area contributed by atoms with E-state index in [1.165, 1.54) is 0 Å². The summed E-state index contributed by atoms with van der Waals surface area (Å²) in [6, 6.07) is 10.3. The molecule has 0 heterocycles. The third-order valence-electron chi connectivity index (χ3n) is 1.58. The van der Waals surface area contributed by atoms with Gasteiger partial charge in [0.2, 0.25) is 0 Å². The van der Waals surface area contributed by atoms with Crippen LogP contribution in [0.2, 0.25) is 0 Å². The van der Waals surface area contributed by atoms with E-state index in [4.69, 9.17) is 5.26 Å². The monoisotopic (exact) mass is 174 g/mol. The Kier molecular flexibility index (Phi) is 3.04. The molecular weight excluding hydrogens is 164 g/mol. The highest BCUT2D eigenvalue weighted by Crippen LogP contribution is 1.98. The van der Waals surface area contributed by atoms with Crippen LogP contribution >= 0.6 is 0 Å². The number of carbonyl (C=O) groups is 1. The average molecular weight is 174 g/mol. The van der Waals surface area contributed by atoms with Gasteiger partial charge >= 0.3 is 0 Å². The van der Waals surface area contributed by atoms with E-state index < -0.39 is 6.04 Å². The minimum Gasteiger partial charge on any atom is -0.337 e. The molecule has 0 spiro atoms. The van der Waals surface area contributed by atoms with Crippen LogP contribution in [-0.4, -0.2) is 11.9 Å². The van der Waals surface area contributed by atoms with Gasteiger partial charge in [-0.15, -0.1) is 0 Å². The molecule has 3 heteroatoms. The summed E-state index contributed by atoms with van der Waals surface area (Å²) in [5, 5.41) is 11.0. The van der Waals surface area contributed by atoms with E-state index in [0.717, 1.165) is 0 Å². The quantitative estimate of drug-likeness (QED) is 0.735. The molecule has 1 aromatic carbocycles. The maximum atomic E-state index is 11.4. The van der Waals surface area contributed by atoms with Crippen molar-refractivity contribution >= 4 is 5.91 Å². The van der Waals surface area contributed by atoms with E-state index in [1.54, 1.807) is 31.2 Å². The molecule has 13 heavy (non-hydrogen) atoms. The summed E-state index contributed by atoms with van der Waals surface area (Å²) in [4.78, 5) is 11.4. The second-order valence-corrected chi connectivity index (χ2v) is 2.69. The van der Waals surface area contributed by atoms with Gasteiger partial charge in [0.1, 0.15) is 6.04 Å². The standard InChI is InChI=1S/C10H10N2O/c1-8(7-11)12-10(13)9-5-3-2-4-6-9/h2-6,8H,1H3,(H,12,13)/t8-/m1/s1. The van der Waals surface area contributed by atoms with E-state index in [2.05, 4.69) is 5.32 Å². The molecule has 0 unspecified atom stereocenters. The molecule has 0 saturated carbocycles. The smallest absolute Gasteiger partial charge is 0.252 e. The van der Waals surface area contributed by atoms with Crippen molar-refractivity contribution in [1.29, 1.82) is 5.26 Å². The number of nitriles is 1. The molecule has 1 aromatic rings. The van der Waals surface area contributed by atoms with Gasteiger partial charge in [0.25, 0.3) is 5.91 Å². The fourth-order valence-electron chi connectivity index (χ4n) is 0.902. The largest absolute Gasteiger partial charge is 0.337 e. The van der Waals surface area contributed by atoms with Crippen LogP contribution in [0.5, 0.6) is 0 Å². The molecule has 1 N–H and O–H groups in total. The van der Waals surface area contributed by atoms with Crippen molar-refractivity contribution < 1.29 is 4.79 Å². The van der Waals surface area contributed by atoms with E-state index in [-0.39, 0.29) is 5.91 Å². The third kappa shape index (κ3) is 2.60. The van der Waals surface area contributed by atoms with Crippen LogP contribution in [-0.2, 0) is 0 Å². The zero-order valence-electron chi connectivity index (χ0n) is 7.32. The zero-order chi connectivity index (χ0) is 9.68. The average Bonchev–Trinajstić information content (AvgIpc) is 2.19. The molecule has 3 nitrogen and oxygen atoms in total. The van der Waals surface area contributed by atoms with Gasteiger partial charge in [-0.1, -0.05) is 18.2 Å². The van der Waals surface area contributed by atoms with E-state index in [1.807, 2.05) is 12.1 Å². The Balaban J connectivity index is 2.66. The number of carbonyl (C=O) groups excluding carboxylic acids is 1. The Hall–Kier alpha value is -1.82. The number of hydrogen-bond acceptors (Lipinski definition) is 2. The van der Waals surface area contributed by atoms with Crippen LogP contribution < -0.4 is 5.32 Å². The van der Waals surface area contributed by atoms with E-state index in [0.29, 0.717) is 5.56 Å². The van der Waals surface area contributed by atoms with Gasteiger partial charge in [0.05, 0.1) is 6.07 Å². The minimum atomic E-state index is -0.451. The third-order valence-corrected chi connectivity index (χ3v) is 1.58. The van der Waals surface area contributed by atoms with Crippen LogP contribution in [0.1, 0.15) is 17.3 Å². The Morgan fingerprint density at radius 3 is 2.62 bits per heavy atom. The molecule has 0 bridgehead atoms. The van der Waals surface area contributed by atoms with Gasteiger partial charge in [0.15, 0.2) is 0 Å². The second-order valence-electron chi connectivity index (χ2n) is 2.69. The summed E-state index contributed by atoms with van der Waals surface area (Å²) in [5.74, 6) is -0.213. The number of rotatable bonds is 2. The van der Waals surface area contributed by atoms with Crippen molar-refractivity contribution in [3.63, 3.8) is 0 Å². The molecular formula is C10H10N2O. The molecule has 1 rings (SSSR count). The first-order chi connectivity index (χ1) is 6.24. The van der Waals surface area contributed by atoms with Gasteiger partial charge in [-0.25, -0.2) is 0 Å². The van der Waals surface area contributed by atoms with Gasteiger partial charge in [-0.2, -0.15) is 5.26 Å². The number of nitrogens with zero attached hydrogens (tertiary/aromatic N) is 1. The Bertz CT molecular complexity index is 327. The lowest BCUT2D eigenvalue weighted by atomic mass is 10.2. The van der Waals surface area contributed by atoms with Gasteiger partial charge in [0, 0.05) is 5.56 Å². The number of nitrogens with one attached hydrogen (secondary N) is 1. The first kappa shape index (κ1) is 9.27. The maximum Gasteiger partial charge on any atom is 0.252 e. The van der Waals surface area contributed by atoms with Gasteiger partial charge < -0.3 is 5.32 Å². The molecule has 66 valence electrons. The molecule has 0 aliphatic heterocycles. The van der Waals surface area contributed by atoms with E-state index in [9.17, 15) is 4.79 Å². The highest BCUT2D eigenvalue weighted by molar-refractivity contribution is 5.94. The normalized spacial score (nSPS) is 11.4. The summed E-state index contributed by atoms with van der Waals surface area (Å²) in [6.45, 7) is 1.64. The van der Waals surface area contributed by atoms with Crippen molar-refractivity contribution in [1.82, 2.24) is 5.32 Å². The topological polar surface area (TPSA) is 52.9 Å². The Morgan fingerprint density at radius 1 is 1.46 bits per heavy atom. The summed E-state index contributed by atoms with van der Waals surface area (Å²) < 4.78 is 0. The number of hydrogen-bond donors (Lipinski definition) is 1. The molecule has 0 aliphatic carbocycles. The summed E-state index contributed by atoms with van der Waals surface area (Å²) in [7, 11) is 0. The lowest BCUT2D eigenvalue weighted by molar-refractivity contribution is 0.0948. The first-order valence-corrected chi connectivity index (χ1v) is 3.99. The summed E-state index contributed by atoms with van der Waals surface area (Å²) >= 11 is 0. The molecule has 0 aromatic heterocycles. The van der Waals surface area contributed by atoms with Crippen molar-refractivity contribution in [2.75, 3.05) is 0 Å². The lowest BCUT2D eigenvalue weighted by Crippen LogP contribution is -2.31. The van der Waals surface area contributed by atoms with Crippen LogP contribution in [0.25, 0.3) is 0 Å². The SMILES string of the molecule is C[C@H](C#N)NC(=O)c1ccccc1. The van der Waals surface area contributed by atoms with Crippen molar-refractivity contribution in [2.24, 2.45) is 0 Å². The molecule has 0 radical (unpaired) electrons. The Labute approximate surface area is 77.0 Å². The molecule has 1 amide bonds. The molecule has 0 fully saturated rings. The maximum absolute atomic E-state index is 11.4. The lowest BCUT2D eigenvalue weighted by Gasteiger charge is -2.05. The second kappa shape index (κ2) is 4.27. The Morgan fingerprint density at radius 2 is 2.08 bits per heavy atom. The fourth-order valence-corrected chi connectivity index (χ4v) is 0.902. The van der Waals surface area contributed by atoms with Crippen LogP contribution in [0, 0.1) is 11.3 Å². The zero-order valence-corrected chi connectivity index (χ0v) is 7.32. The fraction of sp³-hybridized carbons (Fsp3) is 0.200. The van der Waals surface area contributed by atoms with Crippen LogP contribution in [0.15, 0.2) is 30.3 Å². The molecule has 0 saturated heterocycles. The summed E-state index contributed by atoms with van der Waals surface area (Å²) in [5.41, 5.74) is 0.574. The molecule has 0 aliphatic rings. The summed E-state index contributed by atoms with van der Waals surface area (Å²) in [6.07, 6.45) is 0. The van der Waals surface area contributed by atoms with Gasteiger partial charge in [-0.3, -0.25) is 4.79 Å². The van der Waals surface area contributed by atoms with Crippen molar-refractivity contribution in [3.8, 4) is 6.07 Å². The predicted octanol–water partition coefficient (Wildman–Crippen LogP) is 1.33. The van der Waals surface area contributed by atoms with E-state index >= 15 is 0 Å². The first-order valence-electron chi connectivity index (χ1n) is 3.99. The number of benzene rings is 1. The van der Waals surface area contributed by atoms with Crippen LogP contribution in [0.4, 0.5) is 0 Å². The highest BCUT2D eigenvalue weighted by Gasteiger charge is 2.06. The minimum absolute atomic E-state index is 0.213. The van der Waals surface area contributed by atoms with Crippen molar-refractivity contribution in [2.45, 2.75) is 13.0 Å². The number of amides is 1. The molecule has 1 atom stereocenters. The highest BCUT2D eigenvalue weighted by atomic mass is 16.1. The van der Waals surface area contributed by atoms with Crippen molar-refractivity contribution in [3.05, 3.63) is 35.9 Å². The van der Waals surface area contributed by atoms with Gasteiger partial charge in [-0.05, 0) is 19.1 Å².